The van der Waals surface area contributed by atoms with Crippen molar-refractivity contribution in [3.05, 3.63) is 153 Å². The van der Waals surface area contributed by atoms with Gasteiger partial charge in [-0.3, -0.25) is 15.0 Å². The molecule has 6 rings (SSSR count). The Morgan fingerprint density at radius 3 is 1.93 bits per heavy atom. The smallest absolute Gasteiger partial charge is 0.410 e. The van der Waals surface area contributed by atoms with E-state index in [4.69, 9.17) is 4.74 Å². The summed E-state index contributed by atoms with van der Waals surface area (Å²) in [4.78, 5) is 25.9. The number of hydrogen-bond acceptors (Lipinski definition) is 8. The molecule has 4 aromatic carbocycles. The summed E-state index contributed by atoms with van der Waals surface area (Å²) in [6, 6.07) is 36.9. The molecule has 1 amide bonds. The van der Waals surface area contributed by atoms with Gasteiger partial charge in [0, 0.05) is 31.0 Å². The Hall–Kier alpha value is -5.03. The Morgan fingerprint density at radius 1 is 0.909 bits per heavy atom. The second-order valence-corrected chi connectivity index (χ2v) is 12.1. The number of hydrogen-bond donors (Lipinski definition) is 0. The van der Waals surface area contributed by atoms with Crippen molar-refractivity contribution >= 4 is 23.5 Å². The summed E-state index contributed by atoms with van der Waals surface area (Å²) in [5, 5.41) is 23.1. The van der Waals surface area contributed by atoms with Crippen LogP contribution in [0.4, 0.5) is 10.5 Å². The number of ether oxygens (including phenoxy) is 1. The lowest BCUT2D eigenvalue weighted by Gasteiger charge is -2.37. The summed E-state index contributed by atoms with van der Waals surface area (Å²) >= 11 is 1.81. The number of tetrazole rings is 1. The summed E-state index contributed by atoms with van der Waals surface area (Å²) < 4.78 is 6.77. The zero-order valence-electron chi connectivity index (χ0n) is 24.0. The van der Waals surface area contributed by atoms with Crippen LogP contribution >= 0.6 is 11.8 Å². The van der Waals surface area contributed by atoms with E-state index in [2.05, 4.69) is 88.3 Å². The van der Waals surface area contributed by atoms with Gasteiger partial charge in [-0.15, -0.1) is 16.9 Å². The Morgan fingerprint density at radius 2 is 1.45 bits per heavy atom. The van der Waals surface area contributed by atoms with Crippen LogP contribution in [0.15, 0.2) is 115 Å². The zero-order chi connectivity index (χ0) is 30.5. The first-order chi connectivity index (χ1) is 21.5. The lowest BCUT2D eigenvalue weighted by atomic mass is 9.84. The zero-order valence-corrected chi connectivity index (χ0v) is 24.8. The third-order valence-electron chi connectivity index (χ3n) is 7.84. The average molecular weight is 607 g/mol. The first-order valence-electron chi connectivity index (χ1n) is 14.2. The lowest BCUT2D eigenvalue weighted by molar-refractivity contribution is -0.384. The molecule has 11 heteroatoms. The van der Waals surface area contributed by atoms with Crippen molar-refractivity contribution in [3.63, 3.8) is 0 Å². The van der Waals surface area contributed by atoms with Crippen molar-refractivity contribution in [2.45, 2.75) is 29.1 Å². The summed E-state index contributed by atoms with van der Waals surface area (Å²) in [5.74, 6) is 0.574. The molecule has 10 nitrogen and oxygen atoms in total. The number of benzene rings is 4. The van der Waals surface area contributed by atoms with Crippen LogP contribution in [-0.4, -0.2) is 47.9 Å². The molecule has 0 radical (unpaired) electrons. The molecule has 2 atom stereocenters. The van der Waals surface area contributed by atoms with E-state index in [1.807, 2.05) is 30.0 Å². The maximum Gasteiger partial charge on any atom is 0.410 e. The van der Waals surface area contributed by atoms with E-state index in [0.29, 0.717) is 24.4 Å². The van der Waals surface area contributed by atoms with Crippen molar-refractivity contribution in [1.82, 2.24) is 25.1 Å². The van der Waals surface area contributed by atoms with Crippen LogP contribution in [0.2, 0.25) is 0 Å². The molecule has 1 fully saturated rings. The van der Waals surface area contributed by atoms with Crippen molar-refractivity contribution < 1.29 is 14.5 Å². The molecule has 0 unspecified atom stereocenters. The maximum atomic E-state index is 13.6. The minimum atomic E-state index is -0.560. The van der Waals surface area contributed by atoms with Crippen LogP contribution in [0.3, 0.4) is 0 Å². The molecule has 0 aliphatic carbocycles. The molecule has 1 aliphatic heterocycles. The standard InChI is InChI=1S/C33H30N6O4S/c1-37-31(34-35-36-37)30-21-29(22-38(30)32(40)43-23-24-17-19-28(20-18-24)39(41)42)44-33(25-11-5-2-6-12-25,26-13-7-3-8-14-26)27-15-9-4-10-16-27/h2-20,29-30H,21-23H2,1H3/t29-,30-/m0/s1. The highest BCUT2D eigenvalue weighted by Gasteiger charge is 2.46. The van der Waals surface area contributed by atoms with E-state index in [-0.39, 0.29) is 17.5 Å². The molecule has 2 heterocycles. The number of non-ortho nitro benzene ring substituents is 1. The Balaban J connectivity index is 1.33. The predicted octanol–water partition coefficient (Wildman–Crippen LogP) is 6.30. The van der Waals surface area contributed by atoms with Gasteiger partial charge >= 0.3 is 6.09 Å². The molecule has 1 saturated heterocycles. The summed E-state index contributed by atoms with van der Waals surface area (Å²) in [6.45, 7) is 0.395. The Labute approximate surface area is 258 Å². The van der Waals surface area contributed by atoms with E-state index in [0.717, 1.165) is 16.7 Å². The number of carbonyl (C=O) groups is 1. The number of nitro benzene ring substituents is 1. The van der Waals surface area contributed by atoms with Gasteiger partial charge in [0.2, 0.25) is 0 Å². The average Bonchev–Trinajstić information content (AvgIpc) is 3.69. The largest absolute Gasteiger partial charge is 0.445 e. The fourth-order valence-corrected chi connectivity index (χ4v) is 7.59. The van der Waals surface area contributed by atoms with Crippen molar-refractivity contribution in [3.8, 4) is 0 Å². The number of nitro groups is 1. The number of thioether (sulfide) groups is 1. The topological polar surface area (TPSA) is 116 Å². The van der Waals surface area contributed by atoms with E-state index < -0.39 is 21.8 Å². The lowest BCUT2D eigenvalue weighted by Crippen LogP contribution is -2.34. The summed E-state index contributed by atoms with van der Waals surface area (Å²) in [5.41, 5.74) is 4.05. The normalized spacial score (nSPS) is 16.5. The number of rotatable bonds is 9. The van der Waals surface area contributed by atoms with E-state index in [1.165, 1.54) is 12.1 Å². The number of amides is 1. The van der Waals surface area contributed by atoms with Gasteiger partial charge in [0.05, 0.1) is 15.7 Å². The van der Waals surface area contributed by atoms with Crippen LogP contribution in [0.25, 0.3) is 0 Å². The second-order valence-electron chi connectivity index (χ2n) is 10.6. The molecule has 0 N–H and O–H groups in total. The van der Waals surface area contributed by atoms with Crippen LogP contribution < -0.4 is 0 Å². The molecule has 1 aromatic heterocycles. The molecule has 222 valence electrons. The fraction of sp³-hybridized carbons (Fsp3) is 0.212. The Kier molecular flexibility index (Phi) is 8.38. The number of nitrogens with zero attached hydrogens (tertiary/aromatic N) is 6. The van der Waals surface area contributed by atoms with Gasteiger partial charge in [0.1, 0.15) is 6.61 Å². The SMILES string of the molecule is Cn1nnnc1[C@@H]1C[C@H](SC(c2ccccc2)(c2ccccc2)c2ccccc2)CN1C(=O)OCc1ccc([N+](=O)[O-])cc1. The van der Waals surface area contributed by atoms with Crippen LogP contribution in [0, 0.1) is 10.1 Å². The molecular formula is C33H30N6O4S. The number of likely N-dealkylation sites (tertiary alicyclic amines) is 1. The van der Waals surface area contributed by atoms with Gasteiger partial charge in [0.15, 0.2) is 5.82 Å². The third kappa shape index (κ3) is 5.78. The quantitative estimate of drug-likeness (QED) is 0.109. The molecule has 44 heavy (non-hydrogen) atoms. The predicted molar refractivity (Wildman–Crippen MR) is 167 cm³/mol. The first-order valence-corrected chi connectivity index (χ1v) is 15.1. The van der Waals surface area contributed by atoms with Gasteiger partial charge in [-0.05, 0) is 51.2 Å². The highest BCUT2D eigenvalue weighted by molar-refractivity contribution is 8.01. The molecule has 1 aliphatic rings. The van der Waals surface area contributed by atoms with Crippen LogP contribution in [-0.2, 0) is 23.1 Å². The number of aromatic nitrogens is 4. The van der Waals surface area contributed by atoms with Crippen molar-refractivity contribution in [2.75, 3.05) is 6.54 Å². The van der Waals surface area contributed by atoms with Crippen molar-refractivity contribution in [1.29, 1.82) is 0 Å². The first kappa shape index (κ1) is 29.1. The van der Waals surface area contributed by atoms with Gasteiger partial charge in [0.25, 0.3) is 5.69 Å². The van der Waals surface area contributed by atoms with Gasteiger partial charge in [-0.25, -0.2) is 9.48 Å². The maximum absolute atomic E-state index is 13.6. The van der Waals surface area contributed by atoms with E-state index >= 15 is 0 Å². The number of carbonyl (C=O) groups excluding carboxylic acids is 1. The van der Waals surface area contributed by atoms with Gasteiger partial charge in [-0.1, -0.05) is 91.0 Å². The van der Waals surface area contributed by atoms with Crippen LogP contribution in [0.5, 0.6) is 0 Å². The van der Waals surface area contributed by atoms with E-state index in [1.54, 1.807) is 28.8 Å². The molecule has 0 spiro atoms. The third-order valence-corrected chi connectivity index (χ3v) is 9.58. The Bertz CT molecular complexity index is 1620. The van der Waals surface area contributed by atoms with Crippen molar-refractivity contribution in [2.24, 2.45) is 7.05 Å². The van der Waals surface area contributed by atoms with E-state index in [9.17, 15) is 14.9 Å². The molecule has 0 saturated carbocycles. The van der Waals surface area contributed by atoms with Gasteiger partial charge < -0.3 is 4.74 Å². The minimum absolute atomic E-state index is 0.00996. The molecular weight excluding hydrogens is 576 g/mol. The summed E-state index contributed by atoms with van der Waals surface area (Å²) in [6.07, 6.45) is 0.115. The summed E-state index contributed by atoms with van der Waals surface area (Å²) in [7, 11) is 1.76. The van der Waals surface area contributed by atoms with Crippen LogP contribution in [0.1, 0.15) is 40.5 Å². The van der Waals surface area contributed by atoms with Gasteiger partial charge in [-0.2, -0.15) is 0 Å². The minimum Gasteiger partial charge on any atom is -0.445 e. The molecule has 0 bridgehead atoms. The fourth-order valence-electron chi connectivity index (χ4n) is 5.76. The number of aryl methyl sites for hydroxylation is 1. The molecule has 5 aromatic rings. The second kappa shape index (κ2) is 12.7. The highest BCUT2D eigenvalue weighted by atomic mass is 32.2. The monoisotopic (exact) mass is 606 g/mol. The highest BCUT2D eigenvalue weighted by Crippen LogP contribution is 2.53.